The van der Waals surface area contributed by atoms with Crippen molar-refractivity contribution in [2.45, 2.75) is 19.4 Å². The smallest absolute Gasteiger partial charge is 0.291 e. The second-order valence-corrected chi connectivity index (χ2v) is 7.20. The van der Waals surface area contributed by atoms with Crippen LogP contribution >= 0.6 is 0 Å². The first-order chi connectivity index (χ1) is 15.6. The molecular weight excluding hydrogens is 410 g/mol. The number of carbonyl (C=O) groups is 2. The first-order valence-electron chi connectivity index (χ1n) is 10.1. The first kappa shape index (κ1) is 21.2. The molecule has 0 saturated heterocycles. The summed E-state index contributed by atoms with van der Waals surface area (Å²) in [6.07, 6.45) is 2.39. The van der Waals surface area contributed by atoms with Crippen molar-refractivity contribution in [1.82, 2.24) is 5.01 Å². The van der Waals surface area contributed by atoms with Crippen LogP contribution in [0.15, 0.2) is 70.4 Å². The minimum absolute atomic E-state index is 0.0376. The maximum atomic E-state index is 12.4. The van der Waals surface area contributed by atoms with Crippen LogP contribution in [0.1, 0.15) is 34.5 Å². The highest BCUT2D eigenvalue weighted by Crippen LogP contribution is 2.29. The quantitative estimate of drug-likeness (QED) is 0.606. The Bertz CT molecular complexity index is 1140. The molecule has 2 amide bonds. The molecule has 1 aliphatic heterocycles. The minimum atomic E-state index is -0.321. The monoisotopic (exact) mass is 433 g/mol. The van der Waals surface area contributed by atoms with Crippen LogP contribution in [-0.2, 0) is 11.3 Å². The molecule has 0 atom stereocenters. The van der Waals surface area contributed by atoms with Gasteiger partial charge in [-0.25, -0.2) is 5.01 Å². The number of hydrogen-bond acceptors (Lipinski definition) is 6. The number of anilines is 1. The first-order valence-corrected chi connectivity index (χ1v) is 10.1. The molecule has 1 aliphatic rings. The summed E-state index contributed by atoms with van der Waals surface area (Å²) in [7, 11) is 3.17. The molecule has 2 aromatic carbocycles. The van der Waals surface area contributed by atoms with Crippen LogP contribution in [0.25, 0.3) is 0 Å². The predicted octanol–water partition coefficient (Wildman–Crippen LogP) is 4.08. The topological polar surface area (TPSA) is 93.4 Å². The van der Waals surface area contributed by atoms with E-state index in [1.54, 1.807) is 38.5 Å². The number of rotatable bonds is 7. The fourth-order valence-electron chi connectivity index (χ4n) is 3.41. The van der Waals surface area contributed by atoms with Crippen molar-refractivity contribution in [3.05, 3.63) is 77.7 Å². The maximum absolute atomic E-state index is 12.4. The van der Waals surface area contributed by atoms with Crippen molar-refractivity contribution in [1.29, 1.82) is 0 Å². The van der Waals surface area contributed by atoms with E-state index in [0.29, 0.717) is 36.6 Å². The number of amides is 2. The zero-order valence-electron chi connectivity index (χ0n) is 17.8. The molecule has 0 saturated carbocycles. The van der Waals surface area contributed by atoms with Gasteiger partial charge in [0, 0.05) is 24.1 Å². The Kier molecular flexibility index (Phi) is 6.21. The largest absolute Gasteiger partial charge is 0.493 e. The van der Waals surface area contributed by atoms with Crippen LogP contribution in [0, 0.1) is 0 Å². The van der Waals surface area contributed by atoms with Crippen LogP contribution < -0.4 is 14.8 Å². The molecule has 0 bridgehead atoms. The third-order valence-electron chi connectivity index (χ3n) is 5.11. The molecule has 0 radical (unpaired) electrons. The summed E-state index contributed by atoms with van der Waals surface area (Å²) in [5.41, 5.74) is 3.23. The van der Waals surface area contributed by atoms with Gasteiger partial charge in [0.15, 0.2) is 17.3 Å². The van der Waals surface area contributed by atoms with Gasteiger partial charge in [-0.1, -0.05) is 12.1 Å². The maximum Gasteiger partial charge on any atom is 0.291 e. The van der Waals surface area contributed by atoms with E-state index < -0.39 is 0 Å². The van der Waals surface area contributed by atoms with Gasteiger partial charge in [-0.05, 0) is 48.0 Å². The van der Waals surface area contributed by atoms with Crippen molar-refractivity contribution in [3.8, 4) is 11.5 Å². The van der Waals surface area contributed by atoms with Gasteiger partial charge in [-0.15, -0.1) is 0 Å². The van der Waals surface area contributed by atoms with Crippen LogP contribution in [-0.4, -0.2) is 36.8 Å². The standard InChI is InChI=1S/C24H23N3O5/c1-30-20-11-7-17(14-22(20)31-2)19-10-12-23(28)27(26-19)15-16-5-8-18(9-6-16)25-24(29)21-4-3-13-32-21/h3-9,11,13-14H,10,12,15H2,1-2H3,(H,25,29). The summed E-state index contributed by atoms with van der Waals surface area (Å²) in [6, 6.07) is 16.1. The SMILES string of the molecule is COc1ccc(C2=NN(Cc3ccc(NC(=O)c4ccco4)cc3)C(=O)CC2)cc1OC. The normalized spacial score (nSPS) is 13.5. The van der Waals surface area contributed by atoms with Gasteiger partial charge in [0.05, 0.1) is 32.7 Å². The Balaban J connectivity index is 1.47. The van der Waals surface area contributed by atoms with E-state index >= 15 is 0 Å². The average Bonchev–Trinajstić information content (AvgIpc) is 3.36. The zero-order chi connectivity index (χ0) is 22.5. The van der Waals surface area contributed by atoms with Crippen molar-refractivity contribution >= 4 is 23.2 Å². The Morgan fingerprint density at radius 1 is 1.06 bits per heavy atom. The van der Waals surface area contributed by atoms with Gasteiger partial charge < -0.3 is 19.2 Å². The summed E-state index contributed by atoms with van der Waals surface area (Å²) < 4.78 is 15.8. The zero-order valence-corrected chi connectivity index (χ0v) is 17.8. The number of ether oxygens (including phenoxy) is 2. The van der Waals surface area contributed by atoms with E-state index in [4.69, 9.17) is 13.9 Å². The van der Waals surface area contributed by atoms with Crippen molar-refractivity contribution in [2.75, 3.05) is 19.5 Å². The number of nitrogens with one attached hydrogen (secondary N) is 1. The molecule has 4 rings (SSSR count). The molecule has 164 valence electrons. The third-order valence-corrected chi connectivity index (χ3v) is 5.11. The Labute approximate surface area is 185 Å². The Morgan fingerprint density at radius 2 is 1.84 bits per heavy atom. The Morgan fingerprint density at radius 3 is 2.53 bits per heavy atom. The highest BCUT2D eigenvalue weighted by molar-refractivity contribution is 6.04. The number of furan rings is 1. The lowest BCUT2D eigenvalue weighted by atomic mass is 10.0. The third kappa shape index (κ3) is 4.64. The van der Waals surface area contributed by atoms with Gasteiger partial charge in [0.1, 0.15) is 0 Å². The van der Waals surface area contributed by atoms with Crippen LogP contribution in [0.2, 0.25) is 0 Å². The molecule has 0 aliphatic carbocycles. The van der Waals surface area contributed by atoms with Gasteiger partial charge in [-0.3, -0.25) is 9.59 Å². The van der Waals surface area contributed by atoms with Crippen molar-refractivity contribution in [2.24, 2.45) is 5.10 Å². The number of nitrogens with zero attached hydrogens (tertiary/aromatic N) is 2. The fourth-order valence-corrected chi connectivity index (χ4v) is 3.41. The van der Waals surface area contributed by atoms with Gasteiger partial charge in [0.25, 0.3) is 5.91 Å². The average molecular weight is 433 g/mol. The van der Waals surface area contributed by atoms with E-state index in [1.165, 1.54) is 11.3 Å². The lowest BCUT2D eigenvalue weighted by Gasteiger charge is -2.24. The lowest BCUT2D eigenvalue weighted by Crippen LogP contribution is -2.31. The second kappa shape index (κ2) is 9.38. The number of carbonyl (C=O) groups excluding carboxylic acids is 2. The molecular formula is C24H23N3O5. The van der Waals surface area contributed by atoms with E-state index in [0.717, 1.165) is 16.8 Å². The number of benzene rings is 2. The molecule has 3 aromatic rings. The number of hydrazone groups is 1. The summed E-state index contributed by atoms with van der Waals surface area (Å²) in [6.45, 7) is 0.335. The summed E-state index contributed by atoms with van der Waals surface area (Å²) >= 11 is 0. The molecule has 8 heteroatoms. The number of hydrogen-bond donors (Lipinski definition) is 1. The van der Waals surface area contributed by atoms with E-state index in [-0.39, 0.29) is 17.6 Å². The lowest BCUT2D eigenvalue weighted by molar-refractivity contribution is -0.132. The van der Waals surface area contributed by atoms with E-state index in [1.807, 2.05) is 30.3 Å². The van der Waals surface area contributed by atoms with Gasteiger partial charge in [-0.2, -0.15) is 5.10 Å². The van der Waals surface area contributed by atoms with Crippen LogP contribution in [0.4, 0.5) is 5.69 Å². The summed E-state index contributed by atoms with van der Waals surface area (Å²) in [5.74, 6) is 1.13. The molecule has 1 N–H and O–H groups in total. The summed E-state index contributed by atoms with van der Waals surface area (Å²) in [5, 5.41) is 8.83. The van der Waals surface area contributed by atoms with Crippen LogP contribution in [0.5, 0.6) is 11.5 Å². The van der Waals surface area contributed by atoms with E-state index in [9.17, 15) is 9.59 Å². The second-order valence-electron chi connectivity index (χ2n) is 7.20. The summed E-state index contributed by atoms with van der Waals surface area (Å²) in [4.78, 5) is 24.5. The molecule has 0 unspecified atom stereocenters. The molecule has 0 spiro atoms. The van der Waals surface area contributed by atoms with Gasteiger partial charge in [0.2, 0.25) is 5.91 Å². The van der Waals surface area contributed by atoms with Crippen LogP contribution in [0.3, 0.4) is 0 Å². The molecule has 2 heterocycles. The van der Waals surface area contributed by atoms with Gasteiger partial charge >= 0.3 is 0 Å². The van der Waals surface area contributed by atoms with E-state index in [2.05, 4.69) is 10.4 Å². The highest BCUT2D eigenvalue weighted by atomic mass is 16.5. The molecule has 32 heavy (non-hydrogen) atoms. The molecule has 0 fully saturated rings. The highest BCUT2D eigenvalue weighted by Gasteiger charge is 2.22. The van der Waals surface area contributed by atoms with Crippen molar-refractivity contribution < 1.29 is 23.5 Å². The Hall–Kier alpha value is -4.07. The number of methoxy groups -OCH3 is 2. The van der Waals surface area contributed by atoms with Crippen molar-refractivity contribution in [3.63, 3.8) is 0 Å². The minimum Gasteiger partial charge on any atom is -0.493 e. The molecule has 1 aromatic heterocycles. The predicted molar refractivity (Wildman–Crippen MR) is 119 cm³/mol. The fraction of sp³-hybridized carbons (Fsp3) is 0.208. The molecule has 8 nitrogen and oxygen atoms in total.